The van der Waals surface area contributed by atoms with Gasteiger partial charge in [-0.1, -0.05) is 19.2 Å². The molecule has 0 amide bonds. The van der Waals surface area contributed by atoms with Gasteiger partial charge in [0.25, 0.3) is 6.57 Å². The Balaban J connectivity index is 4.10. The Morgan fingerprint density at radius 1 is 1.54 bits per heavy atom. The van der Waals surface area contributed by atoms with E-state index in [9.17, 15) is 22.1 Å². The van der Waals surface area contributed by atoms with Crippen molar-refractivity contribution >= 4 is 18.8 Å². The SMILES string of the molecule is CCP(=O)(S)OCC(F)(F)C(F)F. The lowest BCUT2D eigenvalue weighted by Gasteiger charge is -2.17. The van der Waals surface area contributed by atoms with Crippen LogP contribution in [0, 0.1) is 0 Å². The van der Waals surface area contributed by atoms with E-state index in [1.54, 1.807) is 0 Å². The van der Waals surface area contributed by atoms with Gasteiger partial charge in [-0.15, -0.1) is 0 Å². The van der Waals surface area contributed by atoms with E-state index in [-0.39, 0.29) is 6.16 Å². The van der Waals surface area contributed by atoms with Gasteiger partial charge in [0.2, 0.25) is 0 Å². The molecular formula is C5H9F4O2PS. The van der Waals surface area contributed by atoms with Crippen LogP contribution in [0.4, 0.5) is 17.6 Å². The largest absolute Gasteiger partial charge is 0.330 e. The zero-order valence-electron chi connectivity index (χ0n) is 6.71. The second-order valence-corrected chi connectivity index (χ2v) is 6.28. The van der Waals surface area contributed by atoms with Crippen LogP contribution in [-0.2, 0) is 9.09 Å². The van der Waals surface area contributed by atoms with Crippen molar-refractivity contribution in [2.45, 2.75) is 19.3 Å². The fraction of sp³-hybridized carbons (Fsp3) is 1.00. The molecular weight excluding hydrogens is 231 g/mol. The van der Waals surface area contributed by atoms with Crippen molar-refractivity contribution in [2.75, 3.05) is 12.8 Å². The predicted molar refractivity (Wildman–Crippen MR) is 44.0 cm³/mol. The van der Waals surface area contributed by atoms with Gasteiger partial charge >= 0.3 is 12.3 Å². The van der Waals surface area contributed by atoms with Gasteiger partial charge in [-0.25, -0.2) is 8.78 Å². The lowest BCUT2D eigenvalue weighted by molar-refractivity contribution is -0.147. The molecule has 80 valence electrons. The summed E-state index contributed by atoms with van der Waals surface area (Å²) in [5.41, 5.74) is 0. The first-order chi connectivity index (χ1) is 5.71. The zero-order valence-corrected chi connectivity index (χ0v) is 8.50. The fourth-order valence-electron chi connectivity index (χ4n) is 0.341. The third-order valence-electron chi connectivity index (χ3n) is 1.18. The first kappa shape index (κ1) is 13.3. The summed E-state index contributed by atoms with van der Waals surface area (Å²) in [5, 5.41) is 0. The molecule has 0 aromatic heterocycles. The molecule has 0 fully saturated rings. The highest BCUT2D eigenvalue weighted by molar-refractivity contribution is 8.46. The molecule has 0 saturated heterocycles. The molecule has 0 bridgehead atoms. The lowest BCUT2D eigenvalue weighted by Crippen LogP contribution is -2.31. The summed E-state index contributed by atoms with van der Waals surface area (Å²) in [7, 11) is 0. The van der Waals surface area contributed by atoms with E-state index < -0.39 is 25.5 Å². The van der Waals surface area contributed by atoms with Gasteiger partial charge in [0.05, 0.1) is 0 Å². The Morgan fingerprint density at radius 2 is 2.00 bits per heavy atom. The Hall–Kier alpha value is 0.260. The molecule has 0 saturated carbocycles. The molecule has 13 heavy (non-hydrogen) atoms. The summed E-state index contributed by atoms with van der Waals surface area (Å²) in [5.74, 6) is -4.27. The summed E-state index contributed by atoms with van der Waals surface area (Å²) >= 11 is 3.42. The van der Waals surface area contributed by atoms with Crippen molar-refractivity contribution in [2.24, 2.45) is 0 Å². The van der Waals surface area contributed by atoms with Crippen molar-refractivity contribution in [3.63, 3.8) is 0 Å². The van der Waals surface area contributed by atoms with E-state index in [0.29, 0.717) is 0 Å². The van der Waals surface area contributed by atoms with Crippen LogP contribution in [0.15, 0.2) is 0 Å². The molecule has 0 radical (unpaired) electrons. The normalized spacial score (nSPS) is 17.5. The summed E-state index contributed by atoms with van der Waals surface area (Å²) in [6.45, 7) is -3.60. The van der Waals surface area contributed by atoms with Crippen LogP contribution in [0.1, 0.15) is 6.92 Å². The van der Waals surface area contributed by atoms with Crippen molar-refractivity contribution < 1.29 is 26.7 Å². The molecule has 2 nitrogen and oxygen atoms in total. The average Bonchev–Trinajstić information content (AvgIpc) is 2.01. The molecule has 0 aliphatic rings. The highest BCUT2D eigenvalue weighted by Gasteiger charge is 2.42. The Kier molecular flexibility index (Phi) is 4.76. The summed E-state index contributed by atoms with van der Waals surface area (Å²) in [6.07, 6.45) is -3.91. The molecule has 1 unspecified atom stereocenters. The van der Waals surface area contributed by atoms with E-state index >= 15 is 0 Å². The zero-order chi connectivity index (χ0) is 10.7. The van der Waals surface area contributed by atoms with E-state index in [1.807, 2.05) is 0 Å². The van der Waals surface area contributed by atoms with Gasteiger partial charge in [0.15, 0.2) is 0 Å². The standard InChI is InChI=1S/C5H9F4O2PS/c1-2-12(10,13)11-3-5(8,9)4(6)7/h4H,2-3H2,1H3,(H,10,13). The second-order valence-electron chi connectivity index (χ2n) is 2.29. The molecule has 0 spiro atoms. The summed E-state index contributed by atoms with van der Waals surface area (Å²) in [6, 6.07) is 0. The van der Waals surface area contributed by atoms with Crippen molar-refractivity contribution in [3.05, 3.63) is 0 Å². The van der Waals surface area contributed by atoms with Gasteiger partial charge in [0, 0.05) is 6.16 Å². The number of halogens is 4. The van der Waals surface area contributed by atoms with Crippen LogP contribution in [-0.4, -0.2) is 25.1 Å². The van der Waals surface area contributed by atoms with Crippen molar-refractivity contribution in [1.29, 1.82) is 0 Å². The van der Waals surface area contributed by atoms with Crippen LogP contribution in [0.5, 0.6) is 0 Å². The Morgan fingerprint density at radius 3 is 2.31 bits per heavy atom. The van der Waals surface area contributed by atoms with Crippen molar-refractivity contribution in [1.82, 2.24) is 0 Å². The van der Waals surface area contributed by atoms with Crippen LogP contribution in [0.3, 0.4) is 0 Å². The van der Waals surface area contributed by atoms with E-state index in [0.717, 1.165) is 0 Å². The molecule has 0 aliphatic carbocycles. The number of hydrogen-bond donors (Lipinski definition) is 1. The van der Waals surface area contributed by atoms with Crippen LogP contribution < -0.4 is 0 Å². The monoisotopic (exact) mass is 240 g/mol. The maximum Gasteiger partial charge on any atom is 0.330 e. The smallest absolute Gasteiger partial charge is 0.315 e. The molecule has 0 aromatic rings. The third kappa shape index (κ3) is 4.88. The topological polar surface area (TPSA) is 26.3 Å². The first-order valence-corrected chi connectivity index (χ1v) is 6.30. The van der Waals surface area contributed by atoms with E-state index in [4.69, 9.17) is 0 Å². The Labute approximate surface area is 78.3 Å². The molecule has 8 heteroatoms. The molecule has 0 heterocycles. The van der Waals surface area contributed by atoms with E-state index in [2.05, 4.69) is 16.8 Å². The van der Waals surface area contributed by atoms with Gasteiger partial charge in [-0.2, -0.15) is 8.78 Å². The maximum absolute atomic E-state index is 12.2. The van der Waals surface area contributed by atoms with Gasteiger partial charge in [0.1, 0.15) is 6.61 Å². The summed E-state index contributed by atoms with van der Waals surface area (Å²) < 4.78 is 62.5. The lowest BCUT2D eigenvalue weighted by atomic mass is 10.4. The molecule has 0 rings (SSSR count). The van der Waals surface area contributed by atoms with Gasteiger partial charge in [-0.05, 0) is 0 Å². The minimum atomic E-state index is -4.27. The number of rotatable bonds is 5. The van der Waals surface area contributed by atoms with Crippen LogP contribution in [0.25, 0.3) is 0 Å². The highest BCUT2D eigenvalue weighted by atomic mass is 32.7. The number of hydrogen-bond acceptors (Lipinski definition) is 2. The van der Waals surface area contributed by atoms with Crippen molar-refractivity contribution in [3.8, 4) is 0 Å². The number of alkyl halides is 4. The fourth-order valence-corrected chi connectivity index (χ4v) is 1.07. The molecule has 0 aromatic carbocycles. The van der Waals surface area contributed by atoms with Gasteiger partial charge < -0.3 is 4.52 Å². The summed E-state index contributed by atoms with van der Waals surface area (Å²) in [4.78, 5) is 0. The quantitative estimate of drug-likeness (QED) is 0.454. The van der Waals surface area contributed by atoms with E-state index in [1.165, 1.54) is 6.92 Å². The second kappa shape index (κ2) is 4.66. The highest BCUT2D eigenvalue weighted by Crippen LogP contribution is 2.52. The van der Waals surface area contributed by atoms with Crippen LogP contribution >= 0.6 is 18.8 Å². The number of thiol groups is 1. The first-order valence-electron chi connectivity index (χ1n) is 3.33. The minimum absolute atomic E-state index is 0.0879. The third-order valence-corrected chi connectivity index (χ3v) is 3.70. The van der Waals surface area contributed by atoms with Crippen LogP contribution in [0.2, 0.25) is 0 Å². The van der Waals surface area contributed by atoms with Gasteiger partial charge in [-0.3, -0.25) is 4.57 Å². The Bertz CT molecular complexity index is 211. The minimum Gasteiger partial charge on any atom is -0.315 e. The maximum atomic E-state index is 12.2. The molecule has 0 N–H and O–H groups in total. The predicted octanol–water partition coefficient (Wildman–Crippen LogP) is 3.05. The average molecular weight is 240 g/mol. The molecule has 0 aliphatic heterocycles. The molecule has 1 atom stereocenters.